The highest BCUT2D eigenvalue weighted by Crippen LogP contribution is 2.09. The van der Waals surface area contributed by atoms with Crippen LogP contribution in [0.4, 0.5) is 5.95 Å². The first-order chi connectivity index (χ1) is 8.18. The van der Waals surface area contributed by atoms with Crippen molar-refractivity contribution in [3.8, 4) is 0 Å². The van der Waals surface area contributed by atoms with Gasteiger partial charge in [0.05, 0.1) is 11.6 Å². The van der Waals surface area contributed by atoms with Crippen LogP contribution < -0.4 is 5.32 Å². The lowest BCUT2D eigenvalue weighted by atomic mass is 10.3. The van der Waals surface area contributed by atoms with Crippen LogP contribution in [0.1, 0.15) is 30.2 Å². The van der Waals surface area contributed by atoms with Crippen molar-refractivity contribution in [2.75, 3.05) is 5.32 Å². The summed E-state index contributed by atoms with van der Waals surface area (Å²) in [5.74, 6) is 0.0450. The fraction of sp³-hybridized carbons (Fsp3) is 0.300. The largest absolute Gasteiger partial charge is 0.289 e. The van der Waals surface area contributed by atoms with Crippen LogP contribution in [0.15, 0.2) is 24.5 Å². The number of amides is 1. The molecule has 0 aliphatic carbocycles. The molecule has 0 atom stereocenters. The molecular weight excluding hydrogens is 220 g/mol. The Hall–Kier alpha value is -2.31. The smallest absolute Gasteiger partial charge is 0.259 e. The highest BCUT2D eigenvalue weighted by atomic mass is 16.1. The van der Waals surface area contributed by atoms with Gasteiger partial charge in [-0.1, -0.05) is 5.10 Å². The minimum atomic E-state index is -0.283. The summed E-state index contributed by atoms with van der Waals surface area (Å²) >= 11 is 0. The molecule has 7 heteroatoms. The van der Waals surface area contributed by atoms with Crippen molar-refractivity contribution in [1.82, 2.24) is 25.2 Å². The van der Waals surface area contributed by atoms with Crippen LogP contribution in [0.5, 0.6) is 0 Å². The summed E-state index contributed by atoms with van der Waals surface area (Å²) in [5, 5.41) is 13.7. The Morgan fingerprint density at radius 3 is 2.94 bits per heavy atom. The molecule has 0 bridgehead atoms. The maximum atomic E-state index is 11.8. The second-order valence-corrected chi connectivity index (χ2v) is 3.74. The van der Waals surface area contributed by atoms with Gasteiger partial charge in [-0.3, -0.25) is 15.1 Å². The number of rotatable bonds is 3. The predicted octanol–water partition coefficient (Wildman–Crippen LogP) is 0.901. The molecule has 1 amide bonds. The maximum Gasteiger partial charge on any atom is 0.259 e. The number of aromatic nitrogens is 5. The van der Waals surface area contributed by atoms with Gasteiger partial charge in [0, 0.05) is 12.4 Å². The molecule has 0 spiro atoms. The van der Waals surface area contributed by atoms with Crippen molar-refractivity contribution in [1.29, 1.82) is 0 Å². The van der Waals surface area contributed by atoms with Gasteiger partial charge >= 0.3 is 0 Å². The number of carbonyl (C=O) groups excluding carboxylic acids is 1. The zero-order valence-corrected chi connectivity index (χ0v) is 9.53. The van der Waals surface area contributed by atoms with E-state index in [4.69, 9.17) is 0 Å². The minimum absolute atomic E-state index is 0.0780. The number of nitrogens with zero attached hydrogens (tertiary/aromatic N) is 5. The zero-order chi connectivity index (χ0) is 12.3. The van der Waals surface area contributed by atoms with E-state index in [0.717, 1.165) is 0 Å². The van der Waals surface area contributed by atoms with Crippen LogP contribution in [0.3, 0.4) is 0 Å². The highest BCUT2D eigenvalue weighted by Gasteiger charge is 2.13. The summed E-state index contributed by atoms with van der Waals surface area (Å²) in [7, 11) is 0. The second-order valence-electron chi connectivity index (χ2n) is 3.74. The molecule has 17 heavy (non-hydrogen) atoms. The van der Waals surface area contributed by atoms with E-state index in [1.165, 1.54) is 10.9 Å². The molecule has 0 unspecified atom stereocenters. The van der Waals surface area contributed by atoms with Crippen molar-refractivity contribution >= 4 is 11.9 Å². The number of anilines is 1. The number of nitrogens with one attached hydrogen (secondary N) is 1. The Morgan fingerprint density at radius 2 is 2.29 bits per heavy atom. The molecule has 88 valence electrons. The first-order valence-electron chi connectivity index (χ1n) is 5.17. The first kappa shape index (κ1) is 11.2. The molecule has 0 aliphatic heterocycles. The molecule has 0 radical (unpaired) electrons. The number of carbonyl (C=O) groups is 1. The molecule has 0 saturated heterocycles. The SMILES string of the molecule is CC(C)n1nnnc1NC(=O)c1cccnc1. The van der Waals surface area contributed by atoms with Crippen molar-refractivity contribution in [3.05, 3.63) is 30.1 Å². The van der Waals surface area contributed by atoms with E-state index in [1.54, 1.807) is 18.3 Å². The number of pyridine rings is 1. The zero-order valence-electron chi connectivity index (χ0n) is 9.53. The molecule has 0 aromatic carbocycles. The third-order valence-electron chi connectivity index (χ3n) is 2.13. The fourth-order valence-corrected chi connectivity index (χ4v) is 1.29. The van der Waals surface area contributed by atoms with Crippen LogP contribution in [0.25, 0.3) is 0 Å². The van der Waals surface area contributed by atoms with E-state index in [9.17, 15) is 4.79 Å². The Kier molecular flexibility index (Phi) is 3.08. The quantitative estimate of drug-likeness (QED) is 0.849. The van der Waals surface area contributed by atoms with Gasteiger partial charge in [0.1, 0.15) is 0 Å². The summed E-state index contributed by atoms with van der Waals surface area (Å²) in [4.78, 5) is 15.7. The van der Waals surface area contributed by atoms with Crippen LogP contribution in [-0.4, -0.2) is 31.1 Å². The summed E-state index contributed by atoms with van der Waals surface area (Å²) in [6.07, 6.45) is 3.09. The van der Waals surface area contributed by atoms with Crippen molar-refractivity contribution in [3.63, 3.8) is 0 Å². The Labute approximate surface area is 97.9 Å². The van der Waals surface area contributed by atoms with Gasteiger partial charge in [0.15, 0.2) is 0 Å². The predicted molar refractivity (Wildman–Crippen MR) is 60.4 cm³/mol. The number of hydrogen-bond donors (Lipinski definition) is 1. The van der Waals surface area contributed by atoms with Gasteiger partial charge in [-0.2, -0.15) is 0 Å². The molecule has 0 saturated carbocycles. The lowest BCUT2D eigenvalue weighted by molar-refractivity contribution is 0.102. The fourth-order valence-electron chi connectivity index (χ4n) is 1.29. The summed E-state index contributed by atoms with van der Waals surface area (Å²) < 4.78 is 1.54. The Bertz CT molecular complexity index is 507. The van der Waals surface area contributed by atoms with Gasteiger partial charge in [-0.05, 0) is 36.4 Å². The van der Waals surface area contributed by atoms with E-state index >= 15 is 0 Å². The highest BCUT2D eigenvalue weighted by molar-refractivity contribution is 6.03. The normalized spacial score (nSPS) is 10.5. The van der Waals surface area contributed by atoms with Gasteiger partial charge in [-0.25, -0.2) is 4.68 Å². The van der Waals surface area contributed by atoms with Crippen LogP contribution in [-0.2, 0) is 0 Å². The standard InChI is InChI=1S/C10H12N6O/c1-7(2)16-10(13-14-15-16)12-9(17)8-4-3-5-11-6-8/h3-7H,1-2H3,(H,12,13,15,17). The first-order valence-corrected chi connectivity index (χ1v) is 5.17. The monoisotopic (exact) mass is 232 g/mol. The van der Waals surface area contributed by atoms with Crippen LogP contribution >= 0.6 is 0 Å². The van der Waals surface area contributed by atoms with Gasteiger partial charge in [0.2, 0.25) is 5.95 Å². The van der Waals surface area contributed by atoms with E-state index < -0.39 is 0 Å². The van der Waals surface area contributed by atoms with Crippen molar-refractivity contribution < 1.29 is 4.79 Å². The van der Waals surface area contributed by atoms with Crippen LogP contribution in [0.2, 0.25) is 0 Å². The molecule has 0 fully saturated rings. The third-order valence-corrected chi connectivity index (χ3v) is 2.13. The lowest BCUT2D eigenvalue weighted by Crippen LogP contribution is -2.17. The average molecular weight is 232 g/mol. The molecular formula is C10H12N6O. The third kappa shape index (κ3) is 2.44. The molecule has 2 aromatic rings. The Morgan fingerprint density at radius 1 is 1.47 bits per heavy atom. The number of tetrazole rings is 1. The minimum Gasteiger partial charge on any atom is -0.289 e. The molecule has 2 heterocycles. The maximum absolute atomic E-state index is 11.8. The van der Waals surface area contributed by atoms with Crippen LogP contribution in [0, 0.1) is 0 Å². The average Bonchev–Trinajstić information content (AvgIpc) is 2.78. The van der Waals surface area contributed by atoms with Gasteiger partial charge in [-0.15, -0.1) is 0 Å². The molecule has 2 aromatic heterocycles. The molecule has 2 rings (SSSR count). The number of hydrogen-bond acceptors (Lipinski definition) is 5. The molecule has 7 nitrogen and oxygen atoms in total. The topological polar surface area (TPSA) is 85.6 Å². The van der Waals surface area contributed by atoms with Gasteiger partial charge in [0.25, 0.3) is 5.91 Å². The molecule has 1 N–H and O–H groups in total. The lowest BCUT2D eigenvalue weighted by Gasteiger charge is -2.08. The second kappa shape index (κ2) is 4.69. The summed E-state index contributed by atoms with van der Waals surface area (Å²) in [6.45, 7) is 3.85. The van der Waals surface area contributed by atoms with Crippen molar-refractivity contribution in [2.24, 2.45) is 0 Å². The van der Waals surface area contributed by atoms with E-state index in [1.807, 2.05) is 13.8 Å². The summed E-state index contributed by atoms with van der Waals surface area (Å²) in [5.41, 5.74) is 0.464. The van der Waals surface area contributed by atoms with E-state index in [0.29, 0.717) is 11.5 Å². The van der Waals surface area contributed by atoms with E-state index in [-0.39, 0.29) is 11.9 Å². The van der Waals surface area contributed by atoms with Gasteiger partial charge < -0.3 is 0 Å². The Balaban J connectivity index is 2.16. The van der Waals surface area contributed by atoms with E-state index in [2.05, 4.69) is 25.8 Å². The van der Waals surface area contributed by atoms with Crippen molar-refractivity contribution in [2.45, 2.75) is 19.9 Å². The summed E-state index contributed by atoms with van der Waals surface area (Å²) in [6, 6.07) is 3.45. The molecule has 0 aliphatic rings.